The number of amides is 1. The van der Waals surface area contributed by atoms with Gasteiger partial charge in [0.05, 0.1) is 5.54 Å². The van der Waals surface area contributed by atoms with E-state index >= 15 is 0 Å². The van der Waals surface area contributed by atoms with Crippen molar-refractivity contribution >= 4 is 5.91 Å². The number of rotatable bonds is 0. The summed E-state index contributed by atoms with van der Waals surface area (Å²) in [4.78, 5) is 11.2. The lowest BCUT2D eigenvalue weighted by Gasteiger charge is -2.18. The first kappa shape index (κ1) is 6.16. The first-order valence-electron chi connectivity index (χ1n) is 3.87. The summed E-state index contributed by atoms with van der Waals surface area (Å²) in [6.45, 7) is 1.86. The maximum atomic E-state index is 11.2. The van der Waals surface area contributed by atoms with Gasteiger partial charge >= 0.3 is 0 Å². The first-order valence-corrected chi connectivity index (χ1v) is 3.87. The SMILES string of the molecule is O=C1NCCC12CCCN2. The van der Waals surface area contributed by atoms with E-state index in [1.165, 1.54) is 0 Å². The highest BCUT2D eigenvalue weighted by Crippen LogP contribution is 2.26. The summed E-state index contributed by atoms with van der Waals surface area (Å²) in [5, 5.41) is 6.12. The third-order valence-electron chi connectivity index (χ3n) is 2.52. The largest absolute Gasteiger partial charge is 0.354 e. The van der Waals surface area contributed by atoms with Crippen LogP contribution in [-0.4, -0.2) is 24.5 Å². The van der Waals surface area contributed by atoms with Crippen molar-refractivity contribution in [2.75, 3.05) is 13.1 Å². The Kier molecular flexibility index (Phi) is 1.20. The number of hydrogen-bond acceptors (Lipinski definition) is 2. The minimum atomic E-state index is -0.153. The number of hydrogen-bond donors (Lipinski definition) is 2. The Morgan fingerprint density at radius 2 is 2.20 bits per heavy atom. The molecule has 1 atom stereocenters. The van der Waals surface area contributed by atoms with E-state index < -0.39 is 0 Å². The van der Waals surface area contributed by atoms with Crippen LogP contribution in [0.1, 0.15) is 19.3 Å². The zero-order valence-corrected chi connectivity index (χ0v) is 5.94. The van der Waals surface area contributed by atoms with Gasteiger partial charge in [0, 0.05) is 6.54 Å². The number of carbonyl (C=O) groups is 1. The fraction of sp³-hybridized carbons (Fsp3) is 0.857. The van der Waals surface area contributed by atoms with E-state index in [0.29, 0.717) is 0 Å². The van der Waals surface area contributed by atoms with E-state index in [1.54, 1.807) is 0 Å². The molecule has 0 aliphatic carbocycles. The van der Waals surface area contributed by atoms with Crippen molar-refractivity contribution in [1.82, 2.24) is 10.6 Å². The van der Waals surface area contributed by atoms with Gasteiger partial charge in [-0.15, -0.1) is 0 Å². The molecule has 1 spiro atoms. The summed E-state index contributed by atoms with van der Waals surface area (Å²) < 4.78 is 0. The average molecular weight is 140 g/mol. The number of carbonyl (C=O) groups excluding carboxylic acids is 1. The lowest BCUT2D eigenvalue weighted by molar-refractivity contribution is -0.124. The van der Waals surface area contributed by atoms with Crippen LogP contribution in [0.15, 0.2) is 0 Å². The van der Waals surface area contributed by atoms with Crippen LogP contribution in [0.25, 0.3) is 0 Å². The molecule has 0 aromatic carbocycles. The molecule has 3 heteroatoms. The minimum absolute atomic E-state index is 0.153. The molecule has 3 nitrogen and oxygen atoms in total. The van der Waals surface area contributed by atoms with E-state index in [1.807, 2.05) is 0 Å². The molecule has 2 aliphatic rings. The van der Waals surface area contributed by atoms with Crippen LogP contribution in [0, 0.1) is 0 Å². The topological polar surface area (TPSA) is 41.1 Å². The normalized spacial score (nSPS) is 39.0. The zero-order valence-electron chi connectivity index (χ0n) is 5.94. The summed E-state index contributed by atoms with van der Waals surface area (Å²) in [7, 11) is 0. The zero-order chi connectivity index (χ0) is 7.03. The summed E-state index contributed by atoms with van der Waals surface area (Å²) in [5.74, 6) is 0.213. The molecule has 2 N–H and O–H groups in total. The van der Waals surface area contributed by atoms with Gasteiger partial charge in [0.1, 0.15) is 0 Å². The second-order valence-electron chi connectivity index (χ2n) is 3.12. The van der Waals surface area contributed by atoms with Crippen LogP contribution >= 0.6 is 0 Å². The van der Waals surface area contributed by atoms with Crippen LogP contribution in [-0.2, 0) is 4.79 Å². The van der Waals surface area contributed by atoms with Crippen molar-refractivity contribution < 1.29 is 4.79 Å². The van der Waals surface area contributed by atoms with E-state index in [0.717, 1.165) is 32.4 Å². The van der Waals surface area contributed by atoms with Crippen LogP contribution < -0.4 is 10.6 Å². The second kappa shape index (κ2) is 1.95. The lowest BCUT2D eigenvalue weighted by Crippen LogP contribution is -2.46. The van der Waals surface area contributed by atoms with Gasteiger partial charge in [0.15, 0.2) is 0 Å². The summed E-state index contributed by atoms with van der Waals surface area (Å²) in [6, 6.07) is 0. The summed E-state index contributed by atoms with van der Waals surface area (Å²) >= 11 is 0. The Bertz CT molecular complexity index is 155. The first-order chi connectivity index (χ1) is 4.83. The molecule has 2 heterocycles. The van der Waals surface area contributed by atoms with Crippen molar-refractivity contribution in [2.24, 2.45) is 0 Å². The van der Waals surface area contributed by atoms with E-state index in [9.17, 15) is 4.79 Å². The lowest BCUT2D eigenvalue weighted by atomic mass is 9.96. The Balaban J connectivity index is 2.19. The molecule has 0 aromatic rings. The van der Waals surface area contributed by atoms with E-state index in [2.05, 4.69) is 10.6 Å². The van der Waals surface area contributed by atoms with Crippen LogP contribution in [0.5, 0.6) is 0 Å². The van der Waals surface area contributed by atoms with Crippen molar-refractivity contribution in [3.8, 4) is 0 Å². The summed E-state index contributed by atoms with van der Waals surface area (Å²) in [5.41, 5.74) is -0.153. The van der Waals surface area contributed by atoms with Gasteiger partial charge in [-0.25, -0.2) is 0 Å². The average Bonchev–Trinajstić information content (AvgIpc) is 2.48. The smallest absolute Gasteiger partial charge is 0.240 e. The van der Waals surface area contributed by atoms with Gasteiger partial charge in [-0.2, -0.15) is 0 Å². The molecule has 1 amide bonds. The summed E-state index contributed by atoms with van der Waals surface area (Å²) in [6.07, 6.45) is 3.15. The molecule has 2 fully saturated rings. The van der Waals surface area contributed by atoms with E-state index in [4.69, 9.17) is 0 Å². The van der Waals surface area contributed by atoms with Gasteiger partial charge in [-0.3, -0.25) is 4.79 Å². The fourth-order valence-electron chi connectivity index (χ4n) is 1.89. The monoisotopic (exact) mass is 140 g/mol. The highest BCUT2D eigenvalue weighted by atomic mass is 16.2. The maximum absolute atomic E-state index is 11.2. The predicted octanol–water partition coefficient (Wildman–Crippen LogP) is -0.372. The molecule has 1 unspecified atom stereocenters. The van der Waals surface area contributed by atoms with Gasteiger partial charge < -0.3 is 10.6 Å². The van der Waals surface area contributed by atoms with Crippen molar-refractivity contribution in [3.63, 3.8) is 0 Å². The molecule has 2 aliphatic heterocycles. The number of nitrogens with one attached hydrogen (secondary N) is 2. The van der Waals surface area contributed by atoms with Crippen LogP contribution in [0.4, 0.5) is 0 Å². The third kappa shape index (κ3) is 0.669. The molecular formula is C7H12N2O. The third-order valence-corrected chi connectivity index (χ3v) is 2.52. The van der Waals surface area contributed by atoms with Crippen molar-refractivity contribution in [1.29, 1.82) is 0 Å². The molecular weight excluding hydrogens is 128 g/mol. The molecule has 0 bridgehead atoms. The van der Waals surface area contributed by atoms with Gasteiger partial charge in [-0.1, -0.05) is 0 Å². The quantitative estimate of drug-likeness (QED) is 0.482. The standard InChI is InChI=1S/C7H12N2O/c10-6-7(3-5-8-6)2-1-4-9-7/h9H,1-5H2,(H,8,10). The molecule has 56 valence electrons. The maximum Gasteiger partial charge on any atom is 0.240 e. The van der Waals surface area contributed by atoms with Crippen molar-refractivity contribution in [2.45, 2.75) is 24.8 Å². The van der Waals surface area contributed by atoms with Gasteiger partial charge in [-0.05, 0) is 25.8 Å². The Morgan fingerprint density at radius 1 is 1.30 bits per heavy atom. The predicted molar refractivity (Wildman–Crippen MR) is 37.6 cm³/mol. The Labute approximate surface area is 60.2 Å². The molecule has 2 saturated heterocycles. The van der Waals surface area contributed by atoms with Crippen LogP contribution in [0.2, 0.25) is 0 Å². The Morgan fingerprint density at radius 3 is 2.70 bits per heavy atom. The molecule has 0 radical (unpaired) electrons. The van der Waals surface area contributed by atoms with Crippen molar-refractivity contribution in [3.05, 3.63) is 0 Å². The van der Waals surface area contributed by atoms with Gasteiger partial charge in [0.25, 0.3) is 0 Å². The molecule has 0 aromatic heterocycles. The molecule has 0 saturated carbocycles. The van der Waals surface area contributed by atoms with E-state index in [-0.39, 0.29) is 11.4 Å². The fourth-order valence-corrected chi connectivity index (χ4v) is 1.89. The Hall–Kier alpha value is -0.570. The highest BCUT2D eigenvalue weighted by molar-refractivity contribution is 5.88. The minimum Gasteiger partial charge on any atom is -0.354 e. The molecule has 10 heavy (non-hydrogen) atoms. The molecule has 2 rings (SSSR count). The second-order valence-corrected chi connectivity index (χ2v) is 3.12. The van der Waals surface area contributed by atoms with Crippen LogP contribution in [0.3, 0.4) is 0 Å². The highest BCUT2D eigenvalue weighted by Gasteiger charge is 2.43. The van der Waals surface area contributed by atoms with Gasteiger partial charge in [0.2, 0.25) is 5.91 Å².